The second-order valence-corrected chi connectivity index (χ2v) is 6.94. The van der Waals surface area contributed by atoms with Crippen LogP contribution in [0.15, 0.2) is 30.3 Å². The highest BCUT2D eigenvalue weighted by atomic mass is 16.6. The predicted octanol–water partition coefficient (Wildman–Crippen LogP) is 2.02. The van der Waals surface area contributed by atoms with E-state index < -0.39 is 35.0 Å². The molecule has 1 aliphatic rings. The van der Waals surface area contributed by atoms with E-state index in [0.29, 0.717) is 6.54 Å². The Morgan fingerprint density at radius 3 is 2.42 bits per heavy atom. The minimum absolute atomic E-state index is 0.188. The topological polar surface area (TPSA) is 89.8 Å². The molecule has 0 radical (unpaired) electrons. The van der Waals surface area contributed by atoms with Crippen molar-refractivity contribution in [1.29, 1.82) is 0 Å². The molecule has 1 aliphatic carbocycles. The van der Waals surface area contributed by atoms with E-state index in [2.05, 4.69) is 0 Å². The van der Waals surface area contributed by atoms with Gasteiger partial charge in [0, 0.05) is 23.4 Å². The van der Waals surface area contributed by atoms with Crippen molar-refractivity contribution in [2.75, 3.05) is 6.61 Å². The van der Waals surface area contributed by atoms with Crippen LogP contribution in [0, 0.1) is 16.0 Å². The number of carbonyl (C=O) groups is 2. The maximum Gasteiger partial charge on any atom is 0.316 e. The standard InChI is InChI=1S/C17H22N2O5/c1-17(2,3)18(10-12-7-5-4-6-8-12)15(20)11-24-16(21)13-9-14(13)19(22)23/h4-8,13-14H,9-11H2,1-3H3. The molecule has 2 rings (SSSR count). The number of rotatable bonds is 6. The first-order chi connectivity index (χ1) is 11.2. The average Bonchev–Trinajstić information content (AvgIpc) is 3.30. The van der Waals surface area contributed by atoms with Crippen molar-refractivity contribution >= 4 is 11.9 Å². The molecule has 0 N–H and O–H groups in total. The Hall–Kier alpha value is -2.44. The van der Waals surface area contributed by atoms with Crippen molar-refractivity contribution < 1.29 is 19.2 Å². The van der Waals surface area contributed by atoms with E-state index in [1.165, 1.54) is 0 Å². The van der Waals surface area contributed by atoms with Gasteiger partial charge in [0.15, 0.2) is 6.61 Å². The van der Waals surface area contributed by atoms with Crippen LogP contribution in [-0.4, -0.2) is 39.9 Å². The van der Waals surface area contributed by atoms with E-state index >= 15 is 0 Å². The fourth-order valence-electron chi connectivity index (χ4n) is 2.45. The van der Waals surface area contributed by atoms with Gasteiger partial charge in [-0.05, 0) is 26.3 Å². The smallest absolute Gasteiger partial charge is 0.316 e. The number of hydrogen-bond donors (Lipinski definition) is 0. The molecular weight excluding hydrogens is 312 g/mol. The molecule has 0 heterocycles. The maximum absolute atomic E-state index is 12.5. The first-order valence-corrected chi connectivity index (χ1v) is 7.84. The molecule has 1 amide bonds. The van der Waals surface area contributed by atoms with Crippen LogP contribution in [0.4, 0.5) is 0 Å². The van der Waals surface area contributed by atoms with Crippen LogP contribution in [0.5, 0.6) is 0 Å². The predicted molar refractivity (Wildman–Crippen MR) is 86.6 cm³/mol. The lowest BCUT2D eigenvalue weighted by Crippen LogP contribution is -2.47. The van der Waals surface area contributed by atoms with Crippen molar-refractivity contribution in [3.63, 3.8) is 0 Å². The third-order valence-electron chi connectivity index (χ3n) is 3.96. The van der Waals surface area contributed by atoms with Gasteiger partial charge in [0.25, 0.3) is 5.91 Å². The molecule has 24 heavy (non-hydrogen) atoms. The fourth-order valence-corrected chi connectivity index (χ4v) is 2.45. The number of benzene rings is 1. The summed E-state index contributed by atoms with van der Waals surface area (Å²) in [5.41, 5.74) is 0.533. The number of ether oxygens (including phenoxy) is 1. The Morgan fingerprint density at radius 1 is 1.29 bits per heavy atom. The molecule has 1 saturated carbocycles. The molecule has 7 nitrogen and oxygen atoms in total. The van der Waals surface area contributed by atoms with E-state index in [4.69, 9.17) is 4.74 Å². The number of amides is 1. The zero-order chi connectivity index (χ0) is 17.9. The minimum atomic E-state index is -0.865. The highest BCUT2D eigenvalue weighted by Gasteiger charge is 2.54. The summed E-state index contributed by atoms with van der Waals surface area (Å²) in [4.78, 5) is 36.0. The van der Waals surface area contributed by atoms with E-state index in [1.54, 1.807) is 4.90 Å². The van der Waals surface area contributed by atoms with Crippen LogP contribution < -0.4 is 0 Å². The van der Waals surface area contributed by atoms with Gasteiger partial charge in [-0.15, -0.1) is 0 Å². The highest BCUT2D eigenvalue weighted by molar-refractivity contribution is 5.83. The first-order valence-electron chi connectivity index (χ1n) is 7.84. The van der Waals surface area contributed by atoms with Gasteiger partial charge in [-0.2, -0.15) is 0 Å². The zero-order valence-corrected chi connectivity index (χ0v) is 14.1. The van der Waals surface area contributed by atoms with Crippen molar-refractivity contribution in [3.8, 4) is 0 Å². The molecule has 130 valence electrons. The van der Waals surface area contributed by atoms with Crippen molar-refractivity contribution in [1.82, 2.24) is 4.90 Å². The molecule has 0 aliphatic heterocycles. The molecule has 2 unspecified atom stereocenters. The second-order valence-electron chi connectivity index (χ2n) is 6.94. The van der Waals surface area contributed by atoms with Gasteiger partial charge in [-0.25, -0.2) is 0 Å². The van der Waals surface area contributed by atoms with Crippen LogP contribution in [0.1, 0.15) is 32.8 Å². The summed E-state index contributed by atoms with van der Waals surface area (Å²) < 4.78 is 4.99. The van der Waals surface area contributed by atoms with Gasteiger partial charge in [0.2, 0.25) is 6.04 Å². The van der Waals surface area contributed by atoms with E-state index in [0.717, 1.165) is 5.56 Å². The maximum atomic E-state index is 12.5. The van der Waals surface area contributed by atoms with Crippen molar-refractivity contribution in [2.24, 2.45) is 5.92 Å². The van der Waals surface area contributed by atoms with E-state index in [-0.39, 0.29) is 12.3 Å². The molecule has 7 heteroatoms. The summed E-state index contributed by atoms with van der Waals surface area (Å²) in [6.07, 6.45) is 0.188. The Labute approximate surface area is 140 Å². The first kappa shape index (κ1) is 17.9. The lowest BCUT2D eigenvalue weighted by molar-refractivity contribution is -0.497. The van der Waals surface area contributed by atoms with Crippen LogP contribution in [0.2, 0.25) is 0 Å². The summed E-state index contributed by atoms with van der Waals surface area (Å²) >= 11 is 0. The number of carbonyl (C=O) groups excluding carboxylic acids is 2. The molecule has 1 aromatic carbocycles. The summed E-state index contributed by atoms with van der Waals surface area (Å²) in [6, 6.07) is 8.66. The van der Waals surface area contributed by atoms with Crippen LogP contribution in [0.3, 0.4) is 0 Å². The van der Waals surface area contributed by atoms with Crippen LogP contribution in [0.25, 0.3) is 0 Å². The fraction of sp³-hybridized carbons (Fsp3) is 0.529. The molecule has 0 spiro atoms. The van der Waals surface area contributed by atoms with Crippen LogP contribution >= 0.6 is 0 Å². The van der Waals surface area contributed by atoms with E-state index in [1.807, 2.05) is 51.1 Å². The summed E-state index contributed by atoms with van der Waals surface area (Å²) in [5, 5.41) is 10.6. The molecule has 0 saturated heterocycles. The largest absolute Gasteiger partial charge is 0.455 e. The number of nitrogens with zero attached hydrogens (tertiary/aromatic N) is 2. The van der Waals surface area contributed by atoms with Crippen molar-refractivity contribution in [3.05, 3.63) is 46.0 Å². The molecule has 1 aromatic rings. The van der Waals surface area contributed by atoms with Gasteiger partial charge in [0.1, 0.15) is 5.92 Å². The van der Waals surface area contributed by atoms with Gasteiger partial charge in [-0.3, -0.25) is 19.7 Å². The Bertz CT molecular complexity index is 624. The molecular formula is C17H22N2O5. The number of nitro groups is 1. The lowest BCUT2D eigenvalue weighted by Gasteiger charge is -2.35. The molecule has 2 atom stereocenters. The number of hydrogen-bond acceptors (Lipinski definition) is 5. The monoisotopic (exact) mass is 334 g/mol. The highest BCUT2D eigenvalue weighted by Crippen LogP contribution is 2.34. The van der Waals surface area contributed by atoms with Gasteiger partial charge in [0.05, 0.1) is 0 Å². The second kappa shape index (κ2) is 6.98. The summed E-state index contributed by atoms with van der Waals surface area (Å²) in [7, 11) is 0. The lowest BCUT2D eigenvalue weighted by atomic mass is 10.0. The number of esters is 1. The Morgan fingerprint density at radius 2 is 1.92 bits per heavy atom. The zero-order valence-electron chi connectivity index (χ0n) is 14.1. The third-order valence-corrected chi connectivity index (χ3v) is 3.96. The van der Waals surface area contributed by atoms with Gasteiger partial charge >= 0.3 is 5.97 Å². The summed E-state index contributed by atoms with van der Waals surface area (Å²) in [5.74, 6) is -1.71. The Balaban J connectivity index is 1.94. The average molecular weight is 334 g/mol. The van der Waals surface area contributed by atoms with Crippen LogP contribution in [-0.2, 0) is 20.9 Å². The molecule has 0 bridgehead atoms. The molecule has 0 aromatic heterocycles. The summed E-state index contributed by atoms with van der Waals surface area (Å²) in [6.45, 7) is 5.71. The normalized spacial score (nSPS) is 19.5. The molecule has 1 fully saturated rings. The van der Waals surface area contributed by atoms with E-state index in [9.17, 15) is 19.7 Å². The SMILES string of the molecule is CC(C)(C)N(Cc1ccccc1)C(=O)COC(=O)C1CC1[N+](=O)[O-]. The van der Waals surface area contributed by atoms with Crippen molar-refractivity contribution in [2.45, 2.75) is 45.3 Å². The van der Waals surface area contributed by atoms with Gasteiger partial charge in [-0.1, -0.05) is 30.3 Å². The third kappa shape index (κ3) is 4.53. The quantitative estimate of drug-likeness (QED) is 0.451. The Kier molecular flexibility index (Phi) is 5.21. The van der Waals surface area contributed by atoms with Gasteiger partial charge < -0.3 is 9.64 Å². The minimum Gasteiger partial charge on any atom is -0.455 e.